The first-order chi connectivity index (χ1) is 12.2. The highest BCUT2D eigenvalue weighted by Gasteiger charge is 2.18. The van der Waals surface area contributed by atoms with E-state index in [1.165, 1.54) is 0 Å². The van der Waals surface area contributed by atoms with Crippen LogP contribution in [-0.4, -0.2) is 24.0 Å². The Hall–Kier alpha value is -2.82. The number of para-hydroxylation sites is 1. The maximum Gasteiger partial charge on any atom is 0.262 e. The lowest BCUT2D eigenvalue weighted by molar-refractivity contribution is -0.118. The maximum atomic E-state index is 12.4. The third kappa shape index (κ3) is 5.62. The van der Waals surface area contributed by atoms with Gasteiger partial charge in [0, 0.05) is 5.54 Å². The number of hydrogen-bond acceptors (Lipinski definition) is 3. The van der Waals surface area contributed by atoms with E-state index in [2.05, 4.69) is 10.6 Å². The molecule has 0 aliphatic carbocycles. The van der Waals surface area contributed by atoms with Crippen molar-refractivity contribution < 1.29 is 14.3 Å². The number of nitrogens with one attached hydrogen (secondary N) is 2. The van der Waals surface area contributed by atoms with E-state index in [-0.39, 0.29) is 24.0 Å². The van der Waals surface area contributed by atoms with Gasteiger partial charge in [0.05, 0.1) is 11.3 Å². The van der Waals surface area contributed by atoms with Crippen LogP contribution in [0.5, 0.6) is 5.75 Å². The van der Waals surface area contributed by atoms with Gasteiger partial charge in [0.2, 0.25) is 0 Å². The molecule has 0 saturated carbocycles. The van der Waals surface area contributed by atoms with Gasteiger partial charge in [-0.1, -0.05) is 29.8 Å². The summed E-state index contributed by atoms with van der Waals surface area (Å²) in [6.45, 7) is 9.53. The smallest absolute Gasteiger partial charge is 0.262 e. The summed E-state index contributed by atoms with van der Waals surface area (Å²) >= 11 is 0. The first kappa shape index (κ1) is 19.5. The highest BCUT2D eigenvalue weighted by molar-refractivity contribution is 6.04. The van der Waals surface area contributed by atoms with Crippen LogP contribution < -0.4 is 15.4 Å². The molecule has 0 saturated heterocycles. The van der Waals surface area contributed by atoms with Crippen molar-refractivity contribution in [3.63, 3.8) is 0 Å². The van der Waals surface area contributed by atoms with Crippen LogP contribution >= 0.6 is 0 Å². The normalized spacial score (nSPS) is 11.0. The molecule has 26 heavy (non-hydrogen) atoms. The van der Waals surface area contributed by atoms with Crippen molar-refractivity contribution in [3.8, 4) is 5.75 Å². The molecule has 2 aromatic rings. The zero-order chi connectivity index (χ0) is 19.3. The van der Waals surface area contributed by atoms with Crippen LogP contribution in [0.4, 0.5) is 5.69 Å². The van der Waals surface area contributed by atoms with Crippen LogP contribution in [-0.2, 0) is 4.79 Å². The number of carbonyl (C=O) groups is 2. The maximum absolute atomic E-state index is 12.4. The molecule has 2 N–H and O–H groups in total. The highest BCUT2D eigenvalue weighted by Crippen LogP contribution is 2.19. The SMILES string of the molecule is Cc1ccc(OCC(=O)Nc2ccccc2C(=O)NC(C)(C)C)c(C)c1. The zero-order valence-corrected chi connectivity index (χ0v) is 16.0. The molecule has 2 aromatic carbocycles. The van der Waals surface area contributed by atoms with E-state index in [0.29, 0.717) is 17.0 Å². The number of amides is 2. The van der Waals surface area contributed by atoms with Gasteiger partial charge in [0.15, 0.2) is 6.61 Å². The number of hydrogen-bond donors (Lipinski definition) is 2. The Bertz CT molecular complexity index is 807. The van der Waals surface area contributed by atoms with Gasteiger partial charge in [-0.3, -0.25) is 9.59 Å². The Morgan fingerprint density at radius 1 is 1.04 bits per heavy atom. The number of anilines is 1. The van der Waals surface area contributed by atoms with E-state index < -0.39 is 0 Å². The first-order valence-electron chi connectivity index (χ1n) is 8.57. The van der Waals surface area contributed by atoms with Crippen molar-refractivity contribution in [1.29, 1.82) is 0 Å². The summed E-state index contributed by atoms with van der Waals surface area (Å²) in [4.78, 5) is 24.7. The van der Waals surface area contributed by atoms with Gasteiger partial charge in [-0.25, -0.2) is 0 Å². The zero-order valence-electron chi connectivity index (χ0n) is 16.0. The molecular weight excluding hydrogens is 328 g/mol. The van der Waals surface area contributed by atoms with E-state index in [9.17, 15) is 9.59 Å². The van der Waals surface area contributed by atoms with Gasteiger partial charge in [-0.15, -0.1) is 0 Å². The average molecular weight is 354 g/mol. The lowest BCUT2D eigenvalue weighted by Gasteiger charge is -2.21. The number of ether oxygens (including phenoxy) is 1. The number of carbonyl (C=O) groups excluding carboxylic acids is 2. The molecule has 2 amide bonds. The molecule has 0 aromatic heterocycles. The minimum Gasteiger partial charge on any atom is -0.483 e. The molecule has 0 unspecified atom stereocenters. The van der Waals surface area contributed by atoms with Crippen molar-refractivity contribution in [2.75, 3.05) is 11.9 Å². The Labute approximate surface area is 154 Å². The summed E-state index contributed by atoms with van der Waals surface area (Å²) < 4.78 is 5.59. The lowest BCUT2D eigenvalue weighted by atomic mass is 10.1. The summed E-state index contributed by atoms with van der Waals surface area (Å²) in [6.07, 6.45) is 0. The standard InChI is InChI=1S/C21H26N2O3/c1-14-10-11-18(15(2)12-14)26-13-19(24)22-17-9-7-6-8-16(17)20(25)23-21(3,4)5/h6-12H,13H2,1-5H3,(H,22,24)(H,23,25). The molecule has 0 aliphatic heterocycles. The quantitative estimate of drug-likeness (QED) is 0.857. The van der Waals surface area contributed by atoms with Crippen LogP contribution in [0.1, 0.15) is 42.3 Å². The minimum atomic E-state index is -0.361. The van der Waals surface area contributed by atoms with E-state index in [4.69, 9.17) is 4.74 Å². The Morgan fingerprint density at radius 2 is 1.73 bits per heavy atom. The van der Waals surface area contributed by atoms with E-state index in [0.717, 1.165) is 11.1 Å². The molecule has 0 aliphatic rings. The predicted octanol–water partition coefficient (Wildman–Crippen LogP) is 3.85. The molecule has 0 atom stereocenters. The van der Waals surface area contributed by atoms with Crippen LogP contribution in [0, 0.1) is 13.8 Å². The fourth-order valence-corrected chi connectivity index (χ4v) is 2.49. The van der Waals surface area contributed by atoms with Crippen LogP contribution in [0.3, 0.4) is 0 Å². The van der Waals surface area contributed by atoms with Gasteiger partial charge in [0.25, 0.3) is 11.8 Å². The summed E-state index contributed by atoms with van der Waals surface area (Å²) in [6, 6.07) is 12.7. The van der Waals surface area contributed by atoms with Crippen LogP contribution in [0.25, 0.3) is 0 Å². The molecule has 0 radical (unpaired) electrons. The molecule has 138 valence electrons. The van der Waals surface area contributed by atoms with Gasteiger partial charge in [-0.2, -0.15) is 0 Å². The summed E-state index contributed by atoms with van der Waals surface area (Å²) in [7, 11) is 0. The second-order valence-corrected chi connectivity index (χ2v) is 7.36. The van der Waals surface area contributed by atoms with Crippen molar-refractivity contribution in [1.82, 2.24) is 5.32 Å². The average Bonchev–Trinajstić information content (AvgIpc) is 2.53. The molecule has 0 heterocycles. The van der Waals surface area contributed by atoms with Crippen molar-refractivity contribution in [2.45, 2.75) is 40.2 Å². The molecule has 5 heteroatoms. The van der Waals surface area contributed by atoms with Gasteiger partial charge >= 0.3 is 0 Å². The summed E-state index contributed by atoms with van der Waals surface area (Å²) in [5.41, 5.74) is 2.63. The Kier molecular flexibility index (Phi) is 6.03. The molecule has 0 fully saturated rings. The summed E-state index contributed by atoms with van der Waals surface area (Å²) in [5, 5.41) is 5.65. The molecule has 0 spiro atoms. The topological polar surface area (TPSA) is 67.4 Å². The largest absolute Gasteiger partial charge is 0.483 e. The number of rotatable bonds is 5. The first-order valence-corrected chi connectivity index (χ1v) is 8.57. The molecular formula is C21H26N2O3. The third-order valence-corrected chi connectivity index (χ3v) is 3.62. The van der Waals surface area contributed by atoms with E-state index in [1.54, 1.807) is 24.3 Å². The van der Waals surface area contributed by atoms with Crippen molar-refractivity contribution >= 4 is 17.5 Å². The van der Waals surface area contributed by atoms with Gasteiger partial charge in [-0.05, 0) is 58.4 Å². The fraction of sp³-hybridized carbons (Fsp3) is 0.333. The second-order valence-electron chi connectivity index (χ2n) is 7.36. The van der Waals surface area contributed by atoms with Crippen LogP contribution in [0.2, 0.25) is 0 Å². The van der Waals surface area contributed by atoms with Crippen molar-refractivity contribution in [3.05, 3.63) is 59.2 Å². The summed E-state index contributed by atoms with van der Waals surface area (Å²) in [5.74, 6) is 0.120. The van der Waals surface area contributed by atoms with Gasteiger partial charge < -0.3 is 15.4 Å². The second kappa shape index (κ2) is 8.04. The van der Waals surface area contributed by atoms with E-state index in [1.807, 2.05) is 52.8 Å². The lowest BCUT2D eigenvalue weighted by Crippen LogP contribution is -2.41. The van der Waals surface area contributed by atoms with Gasteiger partial charge in [0.1, 0.15) is 5.75 Å². The number of aryl methyl sites for hydroxylation is 2. The monoisotopic (exact) mass is 354 g/mol. The fourth-order valence-electron chi connectivity index (χ4n) is 2.49. The minimum absolute atomic E-state index is 0.126. The molecule has 0 bridgehead atoms. The third-order valence-electron chi connectivity index (χ3n) is 3.62. The Morgan fingerprint density at radius 3 is 2.38 bits per heavy atom. The van der Waals surface area contributed by atoms with Crippen LogP contribution in [0.15, 0.2) is 42.5 Å². The van der Waals surface area contributed by atoms with E-state index >= 15 is 0 Å². The molecule has 2 rings (SSSR count). The highest BCUT2D eigenvalue weighted by atomic mass is 16.5. The number of benzene rings is 2. The Balaban J connectivity index is 2.04. The molecule has 5 nitrogen and oxygen atoms in total. The predicted molar refractivity (Wildman–Crippen MR) is 104 cm³/mol. The van der Waals surface area contributed by atoms with Crippen molar-refractivity contribution in [2.24, 2.45) is 0 Å².